The number of hydrogen-bond acceptors (Lipinski definition) is 4. The first kappa shape index (κ1) is 15.7. The van der Waals surface area contributed by atoms with Crippen molar-refractivity contribution in [2.24, 2.45) is 0 Å². The van der Waals surface area contributed by atoms with Crippen LogP contribution in [0.3, 0.4) is 0 Å². The van der Waals surface area contributed by atoms with Crippen molar-refractivity contribution in [1.82, 2.24) is 4.90 Å². The molecule has 2 rings (SSSR count). The van der Waals surface area contributed by atoms with Crippen LogP contribution in [0.2, 0.25) is 0 Å². The SMILES string of the molecule is COCCN1C(=O)C(O)=C(C(C)=O)[C@@H]1c1ccc(Br)cc1. The third kappa shape index (κ3) is 3.01. The number of benzene rings is 1. The molecular formula is C15H16BrNO4. The van der Waals surface area contributed by atoms with Crippen molar-refractivity contribution in [3.05, 3.63) is 45.6 Å². The monoisotopic (exact) mass is 353 g/mol. The Morgan fingerprint density at radius 2 is 2.00 bits per heavy atom. The third-order valence-electron chi connectivity index (χ3n) is 3.41. The number of carbonyl (C=O) groups excluding carboxylic acids is 2. The summed E-state index contributed by atoms with van der Waals surface area (Å²) in [6.45, 7) is 1.98. The Hall–Kier alpha value is -1.66. The second-order valence-electron chi connectivity index (χ2n) is 4.76. The average molecular weight is 354 g/mol. The average Bonchev–Trinajstić information content (AvgIpc) is 2.70. The van der Waals surface area contributed by atoms with E-state index in [9.17, 15) is 14.7 Å². The van der Waals surface area contributed by atoms with E-state index in [2.05, 4.69) is 15.9 Å². The Balaban J connectivity index is 2.46. The molecule has 0 radical (unpaired) electrons. The van der Waals surface area contributed by atoms with Gasteiger partial charge in [-0.15, -0.1) is 0 Å². The molecule has 1 aromatic rings. The lowest BCUT2D eigenvalue weighted by molar-refractivity contribution is -0.130. The molecule has 0 bridgehead atoms. The normalized spacial score (nSPS) is 18.5. The van der Waals surface area contributed by atoms with Gasteiger partial charge in [0.15, 0.2) is 11.5 Å². The summed E-state index contributed by atoms with van der Waals surface area (Å²) in [7, 11) is 1.54. The van der Waals surface area contributed by atoms with Crippen molar-refractivity contribution in [2.75, 3.05) is 20.3 Å². The molecule has 0 unspecified atom stereocenters. The lowest BCUT2D eigenvalue weighted by Gasteiger charge is -2.26. The molecule has 1 aromatic carbocycles. The summed E-state index contributed by atoms with van der Waals surface area (Å²) in [5.41, 5.74) is 0.912. The predicted molar refractivity (Wildman–Crippen MR) is 80.8 cm³/mol. The van der Waals surface area contributed by atoms with Gasteiger partial charge >= 0.3 is 0 Å². The van der Waals surface area contributed by atoms with Gasteiger partial charge in [0.25, 0.3) is 5.91 Å². The summed E-state index contributed by atoms with van der Waals surface area (Å²) < 4.78 is 5.90. The number of halogens is 1. The Kier molecular flexibility index (Phi) is 4.80. The summed E-state index contributed by atoms with van der Waals surface area (Å²) in [5.74, 6) is -1.31. The van der Waals surface area contributed by atoms with Crippen molar-refractivity contribution < 1.29 is 19.4 Å². The molecular weight excluding hydrogens is 338 g/mol. The first-order valence-corrected chi connectivity index (χ1v) is 7.26. The minimum atomic E-state index is -0.571. The maximum absolute atomic E-state index is 12.2. The summed E-state index contributed by atoms with van der Waals surface area (Å²) in [4.78, 5) is 25.5. The van der Waals surface area contributed by atoms with Gasteiger partial charge in [-0.25, -0.2) is 0 Å². The van der Waals surface area contributed by atoms with E-state index in [1.807, 2.05) is 24.3 Å². The quantitative estimate of drug-likeness (QED) is 0.882. The van der Waals surface area contributed by atoms with Crippen LogP contribution < -0.4 is 0 Å². The highest BCUT2D eigenvalue weighted by Gasteiger charge is 2.41. The third-order valence-corrected chi connectivity index (χ3v) is 3.93. The molecule has 0 spiro atoms. The zero-order chi connectivity index (χ0) is 15.6. The number of rotatable bonds is 5. The Bertz CT molecular complexity index is 594. The number of amides is 1. The number of ketones is 1. The highest BCUT2D eigenvalue weighted by Crippen LogP contribution is 2.37. The zero-order valence-corrected chi connectivity index (χ0v) is 13.4. The van der Waals surface area contributed by atoms with Gasteiger partial charge in [-0.2, -0.15) is 0 Å². The molecule has 0 fully saturated rings. The number of hydrogen-bond donors (Lipinski definition) is 1. The van der Waals surface area contributed by atoms with Crippen LogP contribution in [0.15, 0.2) is 40.1 Å². The number of Topliss-reactive ketones (excluding diaryl/α,β-unsaturated/α-hetero) is 1. The van der Waals surface area contributed by atoms with E-state index in [0.29, 0.717) is 13.2 Å². The van der Waals surface area contributed by atoms with Crippen LogP contribution in [0, 0.1) is 0 Å². The van der Waals surface area contributed by atoms with Crippen LogP contribution in [-0.2, 0) is 14.3 Å². The number of nitrogens with zero attached hydrogens (tertiary/aromatic N) is 1. The lowest BCUT2D eigenvalue weighted by atomic mass is 9.97. The molecule has 1 N–H and O–H groups in total. The highest BCUT2D eigenvalue weighted by atomic mass is 79.9. The van der Waals surface area contributed by atoms with Crippen LogP contribution in [0.5, 0.6) is 0 Å². The molecule has 0 aliphatic carbocycles. The van der Waals surface area contributed by atoms with E-state index in [1.165, 1.54) is 18.9 Å². The molecule has 1 amide bonds. The van der Waals surface area contributed by atoms with Gasteiger partial charge in [-0.3, -0.25) is 9.59 Å². The second kappa shape index (κ2) is 6.41. The van der Waals surface area contributed by atoms with Gasteiger partial charge in [-0.05, 0) is 24.6 Å². The van der Waals surface area contributed by atoms with Gasteiger partial charge in [0.05, 0.1) is 18.2 Å². The van der Waals surface area contributed by atoms with Gasteiger partial charge in [0, 0.05) is 18.1 Å². The molecule has 1 aliphatic heterocycles. The first-order valence-electron chi connectivity index (χ1n) is 6.46. The van der Waals surface area contributed by atoms with Crippen LogP contribution >= 0.6 is 15.9 Å². The van der Waals surface area contributed by atoms with E-state index in [4.69, 9.17) is 4.74 Å². The molecule has 1 atom stereocenters. The van der Waals surface area contributed by atoms with E-state index in [-0.39, 0.29) is 11.4 Å². The van der Waals surface area contributed by atoms with Gasteiger partial charge < -0.3 is 14.7 Å². The lowest BCUT2D eigenvalue weighted by Crippen LogP contribution is -2.33. The molecule has 21 heavy (non-hydrogen) atoms. The molecule has 1 aliphatic rings. The van der Waals surface area contributed by atoms with Crippen LogP contribution in [0.25, 0.3) is 0 Å². The van der Waals surface area contributed by atoms with Crippen molar-refractivity contribution in [2.45, 2.75) is 13.0 Å². The minimum Gasteiger partial charge on any atom is -0.503 e. The molecule has 5 nitrogen and oxygen atoms in total. The summed E-state index contributed by atoms with van der Waals surface area (Å²) >= 11 is 3.35. The molecule has 1 heterocycles. The van der Waals surface area contributed by atoms with E-state index in [0.717, 1.165) is 10.0 Å². The summed E-state index contributed by atoms with van der Waals surface area (Å²) in [6, 6.07) is 6.74. The Labute approximate surface area is 131 Å². The van der Waals surface area contributed by atoms with E-state index >= 15 is 0 Å². The Morgan fingerprint density at radius 1 is 1.38 bits per heavy atom. The number of carbonyl (C=O) groups is 2. The largest absolute Gasteiger partial charge is 0.503 e. The standard InChI is InChI=1S/C15H16BrNO4/c1-9(18)12-13(10-3-5-11(16)6-4-10)17(7-8-21-2)15(20)14(12)19/h3-6,13,19H,7-8H2,1-2H3/t13-/m0/s1. The fourth-order valence-corrected chi connectivity index (χ4v) is 2.69. The maximum atomic E-state index is 12.2. The number of aliphatic hydroxyl groups is 1. The molecule has 112 valence electrons. The van der Waals surface area contributed by atoms with Crippen LogP contribution in [0.4, 0.5) is 0 Å². The number of methoxy groups -OCH3 is 1. The first-order chi connectivity index (χ1) is 9.97. The smallest absolute Gasteiger partial charge is 0.290 e. The minimum absolute atomic E-state index is 0.137. The second-order valence-corrected chi connectivity index (χ2v) is 5.68. The van der Waals surface area contributed by atoms with E-state index < -0.39 is 17.7 Å². The highest BCUT2D eigenvalue weighted by molar-refractivity contribution is 9.10. The molecule has 6 heteroatoms. The van der Waals surface area contributed by atoms with Gasteiger partial charge in [0.1, 0.15) is 0 Å². The van der Waals surface area contributed by atoms with Gasteiger partial charge in [-0.1, -0.05) is 28.1 Å². The predicted octanol–water partition coefficient (Wildman–Crippen LogP) is 2.38. The Morgan fingerprint density at radius 3 is 2.52 bits per heavy atom. The topological polar surface area (TPSA) is 66.8 Å². The number of aliphatic hydroxyl groups excluding tert-OH is 1. The van der Waals surface area contributed by atoms with Crippen molar-refractivity contribution >= 4 is 27.6 Å². The van der Waals surface area contributed by atoms with Crippen molar-refractivity contribution in [1.29, 1.82) is 0 Å². The zero-order valence-electron chi connectivity index (χ0n) is 11.8. The molecule has 0 saturated carbocycles. The van der Waals surface area contributed by atoms with Gasteiger partial charge in [0.2, 0.25) is 0 Å². The fraction of sp³-hybridized carbons (Fsp3) is 0.333. The van der Waals surface area contributed by atoms with E-state index in [1.54, 1.807) is 0 Å². The molecule has 0 saturated heterocycles. The number of ether oxygens (including phenoxy) is 1. The van der Waals surface area contributed by atoms with Crippen LogP contribution in [-0.4, -0.2) is 42.0 Å². The van der Waals surface area contributed by atoms with Crippen molar-refractivity contribution in [3.8, 4) is 0 Å². The molecule has 0 aromatic heterocycles. The van der Waals surface area contributed by atoms with Crippen molar-refractivity contribution in [3.63, 3.8) is 0 Å². The summed E-state index contributed by atoms with van der Waals surface area (Å²) in [6.07, 6.45) is 0. The maximum Gasteiger partial charge on any atom is 0.290 e. The fourth-order valence-electron chi connectivity index (χ4n) is 2.43. The van der Waals surface area contributed by atoms with Crippen LogP contribution in [0.1, 0.15) is 18.5 Å². The summed E-state index contributed by atoms with van der Waals surface area (Å²) in [5, 5.41) is 10.0.